The van der Waals surface area contributed by atoms with Crippen molar-refractivity contribution in [3.63, 3.8) is 0 Å². The van der Waals surface area contributed by atoms with Gasteiger partial charge in [-0.1, -0.05) is 6.07 Å². The smallest absolute Gasteiger partial charge is 0.304 e. The fourth-order valence-corrected chi connectivity index (χ4v) is 1.43. The molecule has 0 saturated heterocycles. The van der Waals surface area contributed by atoms with E-state index in [9.17, 15) is 19.7 Å². The predicted molar refractivity (Wildman–Crippen MR) is 72.8 cm³/mol. The Balaban J connectivity index is 2.97. The number of nitrogens with one attached hydrogen (secondary N) is 1. The molecule has 1 rings (SSSR count). The van der Waals surface area contributed by atoms with Crippen LogP contribution < -0.4 is 16.8 Å². The van der Waals surface area contributed by atoms with Crippen LogP contribution in [0.3, 0.4) is 0 Å². The Morgan fingerprint density at radius 2 is 2.00 bits per heavy atom. The van der Waals surface area contributed by atoms with Crippen molar-refractivity contribution in [2.45, 2.75) is 13.8 Å². The maximum absolute atomic E-state index is 12.0. The second-order valence-electron chi connectivity index (χ2n) is 4.93. The number of nitro groups is 1. The standard InChI is InChI=1S/C12H16N4O4/c1-12(2,11(14)18)6-15-10(17)7-4-3-5-8(13)9(7)16(19)20/h3-5H,6,13H2,1-2H3,(H2,14,18)(H,15,17). The van der Waals surface area contributed by atoms with Crippen LogP contribution in [0.1, 0.15) is 24.2 Å². The molecule has 20 heavy (non-hydrogen) atoms. The average molecular weight is 280 g/mol. The number of nitro benzene ring substituents is 1. The lowest BCUT2D eigenvalue weighted by molar-refractivity contribution is -0.384. The van der Waals surface area contributed by atoms with Gasteiger partial charge in [0, 0.05) is 6.54 Å². The van der Waals surface area contributed by atoms with E-state index < -0.39 is 27.8 Å². The number of hydrogen-bond acceptors (Lipinski definition) is 5. The highest BCUT2D eigenvalue weighted by molar-refractivity contribution is 6.00. The Bertz CT molecular complexity index is 569. The van der Waals surface area contributed by atoms with Crippen molar-refractivity contribution in [1.82, 2.24) is 5.32 Å². The Hall–Kier alpha value is -2.64. The number of carbonyl (C=O) groups is 2. The number of para-hydroxylation sites is 1. The molecule has 0 fully saturated rings. The monoisotopic (exact) mass is 280 g/mol. The van der Waals surface area contributed by atoms with Crippen LogP contribution in [-0.4, -0.2) is 23.3 Å². The number of rotatable bonds is 5. The van der Waals surface area contributed by atoms with Crippen molar-refractivity contribution in [3.05, 3.63) is 33.9 Å². The molecule has 8 heteroatoms. The third-order valence-electron chi connectivity index (χ3n) is 2.85. The van der Waals surface area contributed by atoms with Crippen LogP contribution in [0.5, 0.6) is 0 Å². The summed E-state index contributed by atoms with van der Waals surface area (Å²) in [6.45, 7) is 3.08. The summed E-state index contributed by atoms with van der Waals surface area (Å²) in [5.41, 5.74) is 9.01. The molecule has 5 N–H and O–H groups in total. The van der Waals surface area contributed by atoms with Gasteiger partial charge in [-0.3, -0.25) is 19.7 Å². The van der Waals surface area contributed by atoms with E-state index in [4.69, 9.17) is 11.5 Å². The van der Waals surface area contributed by atoms with Crippen LogP contribution in [0.15, 0.2) is 18.2 Å². The highest BCUT2D eigenvalue weighted by Crippen LogP contribution is 2.26. The molecule has 108 valence electrons. The third kappa shape index (κ3) is 3.22. The van der Waals surface area contributed by atoms with E-state index in [0.29, 0.717) is 0 Å². The summed E-state index contributed by atoms with van der Waals surface area (Å²) in [5.74, 6) is -1.27. The molecule has 0 spiro atoms. The largest absolute Gasteiger partial charge is 0.393 e. The second kappa shape index (κ2) is 5.55. The SMILES string of the molecule is CC(C)(CNC(=O)c1cccc(N)c1[N+](=O)[O-])C(N)=O. The second-order valence-corrected chi connectivity index (χ2v) is 4.93. The minimum absolute atomic E-state index is 0.0346. The summed E-state index contributed by atoms with van der Waals surface area (Å²) in [6.07, 6.45) is 0. The number of carbonyl (C=O) groups excluding carboxylic acids is 2. The number of hydrogen-bond donors (Lipinski definition) is 3. The lowest BCUT2D eigenvalue weighted by Gasteiger charge is -2.20. The lowest BCUT2D eigenvalue weighted by atomic mass is 9.92. The van der Waals surface area contributed by atoms with Crippen LogP contribution >= 0.6 is 0 Å². The summed E-state index contributed by atoms with van der Waals surface area (Å²) in [7, 11) is 0. The summed E-state index contributed by atoms with van der Waals surface area (Å²) < 4.78 is 0. The van der Waals surface area contributed by atoms with Gasteiger partial charge in [0.2, 0.25) is 5.91 Å². The van der Waals surface area contributed by atoms with Crippen molar-refractivity contribution in [3.8, 4) is 0 Å². The summed E-state index contributed by atoms with van der Waals surface area (Å²) >= 11 is 0. The Labute approximate surface area is 115 Å². The average Bonchev–Trinajstić information content (AvgIpc) is 2.35. The van der Waals surface area contributed by atoms with Gasteiger partial charge in [-0.05, 0) is 26.0 Å². The normalized spacial score (nSPS) is 10.9. The van der Waals surface area contributed by atoms with E-state index in [1.54, 1.807) is 13.8 Å². The van der Waals surface area contributed by atoms with Gasteiger partial charge in [0.15, 0.2) is 0 Å². The maximum atomic E-state index is 12.0. The number of primary amides is 1. The van der Waals surface area contributed by atoms with Crippen LogP contribution in [0.4, 0.5) is 11.4 Å². The molecule has 0 saturated carbocycles. The maximum Gasteiger partial charge on any atom is 0.304 e. The highest BCUT2D eigenvalue weighted by atomic mass is 16.6. The van der Waals surface area contributed by atoms with Gasteiger partial charge in [0.1, 0.15) is 11.3 Å². The zero-order valence-electron chi connectivity index (χ0n) is 11.2. The predicted octanol–water partition coefficient (Wildman–Crippen LogP) is 0.418. The van der Waals surface area contributed by atoms with Crippen LogP contribution in [0.2, 0.25) is 0 Å². The minimum Gasteiger partial charge on any atom is -0.393 e. The van der Waals surface area contributed by atoms with Crippen molar-refractivity contribution in [2.24, 2.45) is 11.1 Å². The van der Waals surface area contributed by atoms with E-state index in [0.717, 1.165) is 0 Å². The number of nitrogen functional groups attached to an aromatic ring is 1. The topological polar surface area (TPSA) is 141 Å². The molecule has 1 aromatic rings. The van der Waals surface area contributed by atoms with Gasteiger partial charge in [-0.15, -0.1) is 0 Å². The first-order valence-corrected chi connectivity index (χ1v) is 5.78. The van der Waals surface area contributed by atoms with Crippen LogP contribution in [0.25, 0.3) is 0 Å². The number of nitrogens with zero attached hydrogens (tertiary/aromatic N) is 1. The Morgan fingerprint density at radius 1 is 1.40 bits per heavy atom. The van der Waals surface area contributed by atoms with Crippen LogP contribution in [-0.2, 0) is 4.79 Å². The van der Waals surface area contributed by atoms with Crippen molar-refractivity contribution in [2.75, 3.05) is 12.3 Å². The quantitative estimate of drug-likeness (QED) is 0.407. The molecule has 0 bridgehead atoms. The summed E-state index contributed by atoms with van der Waals surface area (Å²) in [4.78, 5) is 33.3. The van der Waals surface area contributed by atoms with E-state index in [1.165, 1.54) is 18.2 Å². The van der Waals surface area contributed by atoms with Gasteiger partial charge >= 0.3 is 5.69 Å². The molecule has 8 nitrogen and oxygen atoms in total. The fraction of sp³-hybridized carbons (Fsp3) is 0.333. The van der Waals surface area contributed by atoms with Gasteiger partial charge < -0.3 is 16.8 Å². The molecule has 0 aliphatic rings. The lowest BCUT2D eigenvalue weighted by Crippen LogP contribution is -2.42. The molecule has 0 aliphatic heterocycles. The van der Waals surface area contributed by atoms with Crippen molar-refractivity contribution < 1.29 is 14.5 Å². The van der Waals surface area contributed by atoms with Gasteiger partial charge in [0.25, 0.3) is 5.91 Å². The van der Waals surface area contributed by atoms with E-state index >= 15 is 0 Å². The molecule has 2 amide bonds. The summed E-state index contributed by atoms with van der Waals surface area (Å²) in [6, 6.07) is 4.07. The number of nitrogens with two attached hydrogens (primary N) is 2. The van der Waals surface area contributed by atoms with E-state index in [2.05, 4.69) is 5.32 Å². The van der Waals surface area contributed by atoms with Crippen molar-refractivity contribution in [1.29, 1.82) is 0 Å². The molecule has 0 unspecified atom stereocenters. The molecule has 0 radical (unpaired) electrons. The highest BCUT2D eigenvalue weighted by Gasteiger charge is 2.28. The van der Waals surface area contributed by atoms with Gasteiger partial charge in [-0.25, -0.2) is 0 Å². The van der Waals surface area contributed by atoms with E-state index in [-0.39, 0.29) is 17.8 Å². The van der Waals surface area contributed by atoms with Crippen LogP contribution in [0, 0.1) is 15.5 Å². The molecular formula is C12H16N4O4. The number of benzene rings is 1. The third-order valence-corrected chi connectivity index (χ3v) is 2.85. The fourth-order valence-electron chi connectivity index (χ4n) is 1.43. The first-order chi connectivity index (χ1) is 9.16. The first-order valence-electron chi connectivity index (χ1n) is 5.78. The molecule has 1 aromatic carbocycles. The molecule has 0 atom stereocenters. The Morgan fingerprint density at radius 3 is 2.50 bits per heavy atom. The first kappa shape index (κ1) is 15.4. The molecule has 0 aromatic heterocycles. The number of amides is 2. The van der Waals surface area contributed by atoms with E-state index in [1.807, 2.05) is 0 Å². The zero-order chi connectivity index (χ0) is 15.5. The molecular weight excluding hydrogens is 264 g/mol. The van der Waals surface area contributed by atoms with Crippen molar-refractivity contribution >= 4 is 23.2 Å². The minimum atomic E-state index is -0.954. The summed E-state index contributed by atoms with van der Waals surface area (Å²) in [5, 5.41) is 13.4. The number of anilines is 1. The van der Waals surface area contributed by atoms with Gasteiger partial charge in [-0.2, -0.15) is 0 Å². The van der Waals surface area contributed by atoms with Gasteiger partial charge in [0.05, 0.1) is 10.3 Å². The Kier molecular flexibility index (Phi) is 4.28. The molecule has 0 aliphatic carbocycles. The molecule has 0 heterocycles. The zero-order valence-corrected chi connectivity index (χ0v) is 11.2.